The molecular weight excluding hydrogens is 356 g/mol. The fourth-order valence-electron chi connectivity index (χ4n) is 1.70. The molecule has 2 rings (SSSR count). The molecule has 0 aliphatic rings. The molecule has 7 heteroatoms. The Morgan fingerprint density at radius 2 is 1.81 bits per heavy atom. The van der Waals surface area contributed by atoms with Crippen molar-refractivity contribution in [2.45, 2.75) is 12.8 Å². The second kappa shape index (κ2) is 6.03. The molecule has 21 heavy (non-hydrogen) atoms. The van der Waals surface area contributed by atoms with Gasteiger partial charge < -0.3 is 9.84 Å². The molecule has 0 spiro atoms. The zero-order valence-corrected chi connectivity index (χ0v) is 12.0. The maximum atomic E-state index is 13.1. The standard InChI is InChI=1S/C14H9BrF4O2/c15-12-4-2-9(16)5-13(12)21-10-3-1-8(7-20)11(6-10)14(17,18)19/h1-6,20H,7H2. The first-order valence-electron chi connectivity index (χ1n) is 5.75. The van der Waals surface area contributed by atoms with E-state index in [0.29, 0.717) is 4.47 Å². The van der Waals surface area contributed by atoms with Gasteiger partial charge in [-0.1, -0.05) is 6.07 Å². The number of alkyl halides is 3. The van der Waals surface area contributed by atoms with Crippen LogP contribution in [0.15, 0.2) is 40.9 Å². The van der Waals surface area contributed by atoms with Crippen molar-refractivity contribution in [1.82, 2.24) is 0 Å². The van der Waals surface area contributed by atoms with E-state index >= 15 is 0 Å². The lowest BCUT2D eigenvalue weighted by molar-refractivity contribution is -0.138. The number of hydrogen-bond acceptors (Lipinski definition) is 2. The topological polar surface area (TPSA) is 29.5 Å². The summed E-state index contributed by atoms with van der Waals surface area (Å²) in [7, 11) is 0. The number of aliphatic hydroxyl groups is 1. The van der Waals surface area contributed by atoms with Crippen molar-refractivity contribution in [2.24, 2.45) is 0 Å². The Hall–Kier alpha value is -1.60. The van der Waals surface area contributed by atoms with Crippen molar-refractivity contribution in [3.63, 3.8) is 0 Å². The van der Waals surface area contributed by atoms with Gasteiger partial charge in [-0.15, -0.1) is 0 Å². The molecule has 0 unspecified atom stereocenters. The molecule has 2 aromatic rings. The third-order valence-corrected chi connectivity index (χ3v) is 3.33. The average molecular weight is 365 g/mol. The summed E-state index contributed by atoms with van der Waals surface area (Å²) >= 11 is 3.12. The molecule has 0 saturated carbocycles. The zero-order chi connectivity index (χ0) is 15.6. The lowest BCUT2D eigenvalue weighted by Gasteiger charge is -2.14. The Bertz CT molecular complexity index is 656. The number of aliphatic hydroxyl groups excluding tert-OH is 1. The van der Waals surface area contributed by atoms with Crippen LogP contribution in [0.2, 0.25) is 0 Å². The molecule has 0 aromatic heterocycles. The minimum Gasteiger partial charge on any atom is -0.456 e. The van der Waals surface area contributed by atoms with Gasteiger partial charge in [-0.3, -0.25) is 0 Å². The van der Waals surface area contributed by atoms with E-state index in [4.69, 9.17) is 9.84 Å². The van der Waals surface area contributed by atoms with Crippen LogP contribution in [0, 0.1) is 5.82 Å². The number of halogens is 5. The van der Waals surface area contributed by atoms with E-state index in [1.807, 2.05) is 0 Å². The number of rotatable bonds is 3. The highest BCUT2D eigenvalue weighted by molar-refractivity contribution is 9.10. The molecule has 0 atom stereocenters. The van der Waals surface area contributed by atoms with E-state index < -0.39 is 24.2 Å². The first kappa shape index (κ1) is 15.8. The number of ether oxygens (including phenoxy) is 1. The average Bonchev–Trinajstić information content (AvgIpc) is 2.42. The van der Waals surface area contributed by atoms with Crippen LogP contribution >= 0.6 is 15.9 Å². The SMILES string of the molecule is OCc1ccc(Oc2cc(F)ccc2Br)cc1C(F)(F)F. The van der Waals surface area contributed by atoms with Gasteiger partial charge in [0.15, 0.2) is 0 Å². The van der Waals surface area contributed by atoms with Crippen molar-refractivity contribution in [1.29, 1.82) is 0 Å². The normalized spacial score (nSPS) is 11.5. The summed E-state index contributed by atoms with van der Waals surface area (Å²) < 4.78 is 57.4. The summed E-state index contributed by atoms with van der Waals surface area (Å²) in [5.74, 6) is -0.623. The molecule has 0 fully saturated rings. The van der Waals surface area contributed by atoms with E-state index in [9.17, 15) is 17.6 Å². The predicted octanol–water partition coefficient (Wildman–Crippen LogP) is 4.89. The Morgan fingerprint density at radius 3 is 2.43 bits per heavy atom. The zero-order valence-electron chi connectivity index (χ0n) is 10.4. The highest BCUT2D eigenvalue weighted by Gasteiger charge is 2.33. The van der Waals surface area contributed by atoms with Crippen molar-refractivity contribution in [2.75, 3.05) is 0 Å². The number of benzene rings is 2. The van der Waals surface area contributed by atoms with Gasteiger partial charge >= 0.3 is 6.18 Å². The predicted molar refractivity (Wildman–Crippen MR) is 71.5 cm³/mol. The quantitative estimate of drug-likeness (QED) is 0.785. The molecule has 0 aliphatic carbocycles. The van der Waals surface area contributed by atoms with E-state index in [2.05, 4.69) is 15.9 Å². The maximum Gasteiger partial charge on any atom is 0.416 e. The van der Waals surface area contributed by atoms with Gasteiger partial charge in [-0.2, -0.15) is 13.2 Å². The fourth-order valence-corrected chi connectivity index (χ4v) is 2.03. The Balaban J connectivity index is 2.39. The van der Waals surface area contributed by atoms with Crippen LogP contribution in [0.3, 0.4) is 0 Å². The lowest BCUT2D eigenvalue weighted by atomic mass is 10.1. The van der Waals surface area contributed by atoms with Crippen LogP contribution in [-0.4, -0.2) is 5.11 Å². The summed E-state index contributed by atoms with van der Waals surface area (Å²) in [6, 6.07) is 6.79. The summed E-state index contributed by atoms with van der Waals surface area (Å²) in [6.45, 7) is -0.737. The van der Waals surface area contributed by atoms with Gasteiger partial charge in [0.05, 0.1) is 16.6 Å². The molecule has 2 nitrogen and oxygen atoms in total. The molecule has 1 N–H and O–H groups in total. The van der Waals surface area contributed by atoms with Crippen molar-refractivity contribution in [3.8, 4) is 11.5 Å². The van der Waals surface area contributed by atoms with Crippen LogP contribution in [0.25, 0.3) is 0 Å². The molecule has 2 aromatic carbocycles. The monoisotopic (exact) mass is 364 g/mol. The third-order valence-electron chi connectivity index (χ3n) is 2.68. The third kappa shape index (κ3) is 3.74. The first-order chi connectivity index (χ1) is 9.81. The highest BCUT2D eigenvalue weighted by atomic mass is 79.9. The highest BCUT2D eigenvalue weighted by Crippen LogP contribution is 2.37. The summed E-state index contributed by atoms with van der Waals surface area (Å²) in [6.07, 6.45) is -4.61. The van der Waals surface area contributed by atoms with E-state index in [-0.39, 0.29) is 17.1 Å². The van der Waals surface area contributed by atoms with Crippen molar-refractivity contribution >= 4 is 15.9 Å². The van der Waals surface area contributed by atoms with Crippen LogP contribution in [-0.2, 0) is 12.8 Å². The largest absolute Gasteiger partial charge is 0.456 e. The van der Waals surface area contributed by atoms with Gasteiger partial charge in [0.2, 0.25) is 0 Å². The van der Waals surface area contributed by atoms with Crippen LogP contribution < -0.4 is 4.74 Å². The molecule has 0 heterocycles. The van der Waals surface area contributed by atoms with Gasteiger partial charge in [-0.25, -0.2) is 4.39 Å². The van der Waals surface area contributed by atoms with Crippen molar-refractivity contribution in [3.05, 3.63) is 57.8 Å². The molecule has 0 radical (unpaired) electrons. The fraction of sp³-hybridized carbons (Fsp3) is 0.143. The molecule has 0 saturated heterocycles. The minimum atomic E-state index is -4.61. The van der Waals surface area contributed by atoms with Gasteiger partial charge in [0.1, 0.15) is 17.3 Å². The van der Waals surface area contributed by atoms with Crippen LogP contribution in [0.5, 0.6) is 11.5 Å². The minimum absolute atomic E-state index is 0.0554. The summed E-state index contributed by atoms with van der Waals surface area (Å²) in [4.78, 5) is 0. The maximum absolute atomic E-state index is 13.1. The first-order valence-corrected chi connectivity index (χ1v) is 6.54. The number of hydrogen-bond donors (Lipinski definition) is 1. The Kier molecular flexibility index (Phi) is 4.53. The van der Waals surface area contributed by atoms with Gasteiger partial charge in [0.25, 0.3) is 0 Å². The lowest BCUT2D eigenvalue weighted by Crippen LogP contribution is -2.09. The van der Waals surface area contributed by atoms with E-state index in [1.165, 1.54) is 18.2 Å². The van der Waals surface area contributed by atoms with Crippen molar-refractivity contribution < 1.29 is 27.4 Å². The second-order valence-corrected chi connectivity index (χ2v) is 5.01. The molecule has 0 aliphatic heterocycles. The van der Waals surface area contributed by atoms with Crippen LogP contribution in [0.1, 0.15) is 11.1 Å². The molecule has 0 amide bonds. The van der Waals surface area contributed by atoms with Crippen LogP contribution in [0.4, 0.5) is 17.6 Å². The summed E-state index contributed by atoms with van der Waals surface area (Å²) in [5.41, 5.74) is -1.25. The molecular formula is C14H9BrF4O2. The van der Waals surface area contributed by atoms with E-state index in [1.54, 1.807) is 0 Å². The molecule has 0 bridgehead atoms. The summed E-state index contributed by atoms with van der Waals surface area (Å²) in [5, 5.41) is 8.94. The Labute approximate surface area is 126 Å². The van der Waals surface area contributed by atoms with E-state index in [0.717, 1.165) is 18.2 Å². The smallest absolute Gasteiger partial charge is 0.416 e. The van der Waals surface area contributed by atoms with Gasteiger partial charge in [0, 0.05) is 6.07 Å². The second-order valence-electron chi connectivity index (χ2n) is 4.15. The Morgan fingerprint density at radius 1 is 1.10 bits per heavy atom. The van der Waals surface area contributed by atoms with Gasteiger partial charge in [-0.05, 0) is 45.8 Å². The molecule has 112 valence electrons.